The lowest BCUT2D eigenvalue weighted by atomic mass is 9.87. The van der Waals surface area contributed by atoms with Crippen molar-refractivity contribution in [2.24, 2.45) is 5.92 Å². The molecule has 1 aromatic carbocycles. The summed E-state index contributed by atoms with van der Waals surface area (Å²) in [5, 5.41) is 0.803. The molecule has 2 atom stereocenters. The molecule has 0 heterocycles. The first-order valence-electron chi connectivity index (χ1n) is 5.50. The third-order valence-electron chi connectivity index (χ3n) is 2.94. The van der Waals surface area contributed by atoms with Crippen molar-refractivity contribution in [3.05, 3.63) is 34.9 Å². The summed E-state index contributed by atoms with van der Waals surface area (Å²) in [6, 6.07) is 7.92. The van der Waals surface area contributed by atoms with Crippen LogP contribution in [0.4, 0.5) is 0 Å². The summed E-state index contributed by atoms with van der Waals surface area (Å²) in [5.74, 6) is 1.36. The van der Waals surface area contributed by atoms with E-state index in [2.05, 4.69) is 13.0 Å². The second kappa shape index (κ2) is 7.16. The van der Waals surface area contributed by atoms with Gasteiger partial charge in [-0.2, -0.15) is 0 Å². The Labute approximate surface area is 108 Å². The van der Waals surface area contributed by atoms with Crippen LogP contribution >= 0.6 is 23.2 Å². The van der Waals surface area contributed by atoms with E-state index in [1.54, 1.807) is 7.11 Å². The maximum atomic E-state index is 6.19. The molecule has 1 rings (SSSR count). The number of rotatable bonds is 6. The number of ether oxygens (including phenoxy) is 1. The lowest BCUT2D eigenvalue weighted by Crippen LogP contribution is -2.14. The van der Waals surface area contributed by atoms with Crippen LogP contribution in [0, 0.1) is 5.92 Å². The molecular weight excluding hydrogens is 243 g/mol. The van der Waals surface area contributed by atoms with E-state index in [1.807, 2.05) is 18.2 Å². The summed E-state index contributed by atoms with van der Waals surface area (Å²) in [4.78, 5) is 0. The molecule has 1 nitrogen and oxygen atoms in total. The minimum Gasteiger partial charge on any atom is -0.385 e. The van der Waals surface area contributed by atoms with Crippen LogP contribution < -0.4 is 0 Å². The maximum absolute atomic E-state index is 6.19. The zero-order valence-electron chi connectivity index (χ0n) is 9.75. The van der Waals surface area contributed by atoms with Gasteiger partial charge >= 0.3 is 0 Å². The van der Waals surface area contributed by atoms with Gasteiger partial charge in [0.25, 0.3) is 0 Å². The van der Waals surface area contributed by atoms with Crippen molar-refractivity contribution < 1.29 is 4.74 Å². The molecule has 90 valence electrons. The van der Waals surface area contributed by atoms with Crippen molar-refractivity contribution in [2.75, 3.05) is 19.6 Å². The molecule has 2 unspecified atom stereocenters. The van der Waals surface area contributed by atoms with Crippen molar-refractivity contribution in [2.45, 2.75) is 19.3 Å². The fourth-order valence-corrected chi connectivity index (χ4v) is 2.57. The van der Waals surface area contributed by atoms with Crippen LogP contribution in [0.3, 0.4) is 0 Å². The highest BCUT2D eigenvalue weighted by Crippen LogP contribution is 2.32. The zero-order chi connectivity index (χ0) is 12.0. The van der Waals surface area contributed by atoms with Gasteiger partial charge in [-0.15, -0.1) is 11.6 Å². The first-order chi connectivity index (χ1) is 7.70. The fraction of sp³-hybridized carbons (Fsp3) is 0.538. The van der Waals surface area contributed by atoms with Crippen molar-refractivity contribution in [3.63, 3.8) is 0 Å². The molecule has 0 saturated heterocycles. The Hall–Kier alpha value is -0.240. The van der Waals surface area contributed by atoms with E-state index >= 15 is 0 Å². The molecule has 0 aliphatic rings. The number of halogens is 2. The van der Waals surface area contributed by atoms with Gasteiger partial charge in [-0.05, 0) is 24.0 Å². The van der Waals surface area contributed by atoms with E-state index in [-0.39, 0.29) is 0 Å². The van der Waals surface area contributed by atoms with Gasteiger partial charge < -0.3 is 4.74 Å². The summed E-state index contributed by atoms with van der Waals surface area (Å²) < 4.78 is 5.10. The van der Waals surface area contributed by atoms with Crippen molar-refractivity contribution in [1.82, 2.24) is 0 Å². The molecular formula is C13H18Cl2O. The monoisotopic (exact) mass is 260 g/mol. The van der Waals surface area contributed by atoms with E-state index in [4.69, 9.17) is 27.9 Å². The topological polar surface area (TPSA) is 9.23 Å². The molecule has 0 spiro atoms. The molecule has 0 aliphatic carbocycles. The SMILES string of the molecule is COCCC(C)C(CCl)c1ccccc1Cl. The molecule has 0 saturated carbocycles. The number of alkyl halides is 1. The second-order valence-corrected chi connectivity index (χ2v) is 4.76. The smallest absolute Gasteiger partial charge is 0.0465 e. The average Bonchev–Trinajstić information content (AvgIpc) is 2.30. The standard InChI is InChI=1S/C13H18Cl2O/c1-10(7-8-16-2)12(9-14)11-5-3-4-6-13(11)15/h3-6,10,12H,7-9H2,1-2H3. The van der Waals surface area contributed by atoms with E-state index in [9.17, 15) is 0 Å². The van der Waals surface area contributed by atoms with Gasteiger partial charge in [0.05, 0.1) is 0 Å². The highest BCUT2D eigenvalue weighted by molar-refractivity contribution is 6.31. The summed E-state index contributed by atoms with van der Waals surface area (Å²) in [6.07, 6.45) is 0.999. The Morgan fingerprint density at radius 2 is 2.00 bits per heavy atom. The fourth-order valence-electron chi connectivity index (χ4n) is 1.82. The molecule has 0 fully saturated rings. The molecule has 1 aromatic rings. The van der Waals surface area contributed by atoms with Crippen LogP contribution in [0.5, 0.6) is 0 Å². The van der Waals surface area contributed by atoms with Gasteiger partial charge in [-0.3, -0.25) is 0 Å². The third kappa shape index (κ3) is 3.65. The summed E-state index contributed by atoms with van der Waals surface area (Å²) in [5.41, 5.74) is 1.14. The molecule has 0 bridgehead atoms. The first kappa shape index (κ1) is 13.8. The highest BCUT2D eigenvalue weighted by Gasteiger charge is 2.20. The number of hydrogen-bond acceptors (Lipinski definition) is 1. The zero-order valence-corrected chi connectivity index (χ0v) is 11.3. The summed E-state index contributed by atoms with van der Waals surface area (Å²) in [7, 11) is 1.72. The highest BCUT2D eigenvalue weighted by atomic mass is 35.5. The van der Waals surface area contributed by atoms with E-state index in [0.717, 1.165) is 23.6 Å². The largest absolute Gasteiger partial charge is 0.385 e. The van der Waals surface area contributed by atoms with Crippen LogP contribution in [0.1, 0.15) is 24.8 Å². The lowest BCUT2D eigenvalue weighted by molar-refractivity contribution is 0.176. The minimum absolute atomic E-state index is 0.297. The van der Waals surface area contributed by atoms with Crippen LogP contribution in [0.15, 0.2) is 24.3 Å². The first-order valence-corrected chi connectivity index (χ1v) is 6.41. The van der Waals surface area contributed by atoms with Gasteiger partial charge in [0.2, 0.25) is 0 Å². The lowest BCUT2D eigenvalue weighted by Gasteiger charge is -2.23. The van der Waals surface area contributed by atoms with Gasteiger partial charge in [-0.25, -0.2) is 0 Å². The minimum atomic E-state index is 0.297. The van der Waals surface area contributed by atoms with Crippen molar-refractivity contribution in [1.29, 1.82) is 0 Å². The predicted octanol–water partition coefficient (Wildman–Crippen LogP) is 4.34. The van der Waals surface area contributed by atoms with Crippen LogP contribution in [-0.2, 0) is 4.74 Å². The predicted molar refractivity (Wildman–Crippen MR) is 70.6 cm³/mol. The van der Waals surface area contributed by atoms with Crippen LogP contribution in [0.25, 0.3) is 0 Å². The number of hydrogen-bond donors (Lipinski definition) is 0. The molecule has 3 heteroatoms. The van der Waals surface area contributed by atoms with E-state index < -0.39 is 0 Å². The average molecular weight is 261 g/mol. The third-order valence-corrected chi connectivity index (χ3v) is 3.61. The van der Waals surface area contributed by atoms with Gasteiger partial charge in [-0.1, -0.05) is 36.7 Å². The number of benzene rings is 1. The Morgan fingerprint density at radius 3 is 2.56 bits per heavy atom. The van der Waals surface area contributed by atoms with E-state index in [1.165, 1.54) is 0 Å². The quantitative estimate of drug-likeness (QED) is 0.692. The van der Waals surface area contributed by atoms with Gasteiger partial charge in [0, 0.05) is 30.5 Å². The molecule has 0 N–H and O–H groups in total. The molecule has 0 amide bonds. The Bertz CT molecular complexity index is 315. The Balaban J connectivity index is 2.77. The van der Waals surface area contributed by atoms with Crippen LogP contribution in [0.2, 0.25) is 5.02 Å². The van der Waals surface area contributed by atoms with E-state index in [0.29, 0.717) is 17.7 Å². The second-order valence-electron chi connectivity index (χ2n) is 4.04. The Morgan fingerprint density at radius 1 is 1.31 bits per heavy atom. The molecule has 0 aromatic heterocycles. The normalized spacial score (nSPS) is 14.8. The van der Waals surface area contributed by atoms with Gasteiger partial charge in [0.1, 0.15) is 0 Å². The van der Waals surface area contributed by atoms with Crippen molar-refractivity contribution in [3.8, 4) is 0 Å². The Kier molecular flexibility index (Phi) is 6.18. The summed E-state index contributed by atoms with van der Waals surface area (Å²) >= 11 is 12.2. The van der Waals surface area contributed by atoms with Crippen molar-refractivity contribution >= 4 is 23.2 Å². The summed E-state index contributed by atoms with van der Waals surface area (Å²) in [6.45, 7) is 2.95. The maximum Gasteiger partial charge on any atom is 0.0465 e. The van der Waals surface area contributed by atoms with Gasteiger partial charge in [0.15, 0.2) is 0 Å². The molecule has 16 heavy (non-hydrogen) atoms. The van der Waals surface area contributed by atoms with Crippen LogP contribution in [-0.4, -0.2) is 19.6 Å². The molecule has 0 aliphatic heterocycles. The molecule has 0 radical (unpaired) electrons. The number of methoxy groups -OCH3 is 1.